The van der Waals surface area contributed by atoms with Gasteiger partial charge in [-0.2, -0.15) is 0 Å². The first kappa shape index (κ1) is 39.7. The molecular weight excluding hydrogens is 646 g/mol. The first-order chi connectivity index (χ1) is 23.2. The minimum atomic E-state index is -2.98. The summed E-state index contributed by atoms with van der Waals surface area (Å²) < 4.78 is 11.6. The molecule has 1 saturated heterocycles. The summed E-state index contributed by atoms with van der Waals surface area (Å²) in [5.41, 5.74) is -2.60. The molecule has 0 saturated carbocycles. The third-order valence-electron chi connectivity index (χ3n) is 8.49. The van der Waals surface area contributed by atoms with Gasteiger partial charge in [0.1, 0.15) is 6.10 Å². The van der Waals surface area contributed by atoms with Gasteiger partial charge in [-0.15, -0.1) is 0 Å². The predicted molar refractivity (Wildman–Crippen MR) is 190 cm³/mol. The maximum Gasteiger partial charge on any atom is 0.421 e. The zero-order valence-electron chi connectivity index (χ0n) is 29.8. The van der Waals surface area contributed by atoms with E-state index < -0.39 is 52.0 Å². The van der Waals surface area contributed by atoms with Crippen molar-refractivity contribution >= 4 is 47.0 Å². The van der Waals surface area contributed by atoms with Gasteiger partial charge in [-0.3, -0.25) is 14.4 Å². The van der Waals surface area contributed by atoms with Crippen LogP contribution in [-0.2, 0) is 30.3 Å². The van der Waals surface area contributed by atoms with Gasteiger partial charge in [0.15, 0.2) is 5.78 Å². The van der Waals surface area contributed by atoms with Crippen LogP contribution in [0.3, 0.4) is 0 Å². The van der Waals surface area contributed by atoms with Crippen molar-refractivity contribution in [2.75, 3.05) is 11.5 Å². The Kier molecular flexibility index (Phi) is 14.4. The molecule has 1 N–H and O–H groups in total. The maximum absolute atomic E-state index is 14.7. The van der Waals surface area contributed by atoms with Crippen LogP contribution in [-0.4, -0.2) is 58.1 Å². The normalized spacial score (nSPS) is 18.1. The van der Waals surface area contributed by atoms with Gasteiger partial charge in [0.25, 0.3) is 16.8 Å². The number of carbonyl (C=O) groups excluding carboxylic acids is 5. The highest BCUT2D eigenvalue weighted by Crippen LogP contribution is 2.39. The molecule has 49 heavy (non-hydrogen) atoms. The van der Waals surface area contributed by atoms with Crippen LogP contribution in [0.1, 0.15) is 105 Å². The van der Waals surface area contributed by atoms with Gasteiger partial charge < -0.3 is 14.8 Å². The van der Waals surface area contributed by atoms with E-state index in [0.717, 1.165) is 25.7 Å². The molecule has 0 aliphatic carbocycles. The second-order valence-corrected chi connectivity index (χ2v) is 14.2. The van der Waals surface area contributed by atoms with Crippen molar-refractivity contribution in [3.05, 3.63) is 66.2 Å². The first-order valence-electron chi connectivity index (χ1n) is 17.4. The van der Waals surface area contributed by atoms with Gasteiger partial charge >= 0.3 is 12.1 Å². The lowest BCUT2D eigenvalue weighted by Gasteiger charge is -2.38. The lowest BCUT2D eigenvalue weighted by Crippen LogP contribution is -2.66. The number of benzene rings is 2. The third kappa shape index (κ3) is 9.69. The number of urea groups is 1. The predicted octanol–water partition coefficient (Wildman–Crippen LogP) is 8.15. The Morgan fingerprint density at radius 2 is 1.43 bits per heavy atom. The Morgan fingerprint density at radius 3 is 1.98 bits per heavy atom. The zero-order chi connectivity index (χ0) is 36.2. The van der Waals surface area contributed by atoms with Crippen molar-refractivity contribution in [3.8, 4) is 0 Å². The van der Waals surface area contributed by atoms with E-state index in [1.807, 2.05) is 0 Å². The second-order valence-electron chi connectivity index (χ2n) is 13.6. The summed E-state index contributed by atoms with van der Waals surface area (Å²) in [6.45, 7) is 10.1. The van der Waals surface area contributed by atoms with Crippen molar-refractivity contribution in [2.45, 2.75) is 123 Å². The number of nitrogens with zero attached hydrogens (tertiary/aromatic N) is 2. The minimum Gasteiger partial charge on any atom is -0.446 e. The Bertz CT molecular complexity index is 1430. The average molecular weight is 698 g/mol. The summed E-state index contributed by atoms with van der Waals surface area (Å²) >= 11 is 7.08. The van der Waals surface area contributed by atoms with E-state index in [1.54, 1.807) is 62.4 Å². The van der Waals surface area contributed by atoms with Gasteiger partial charge in [-0.05, 0) is 44.4 Å². The smallest absolute Gasteiger partial charge is 0.421 e. The molecule has 1 heterocycles. The Morgan fingerprint density at radius 1 is 0.878 bits per heavy atom. The zero-order valence-corrected chi connectivity index (χ0v) is 30.5. The lowest BCUT2D eigenvalue weighted by molar-refractivity contribution is -0.158. The molecule has 1 fully saturated rings. The van der Waals surface area contributed by atoms with Crippen LogP contribution in [0.4, 0.5) is 15.3 Å². The summed E-state index contributed by atoms with van der Waals surface area (Å²) in [5, 5.41) is 2.56. The molecule has 3 rings (SSSR count). The van der Waals surface area contributed by atoms with Crippen molar-refractivity contribution < 1.29 is 33.4 Å². The van der Waals surface area contributed by atoms with Crippen molar-refractivity contribution in [1.29, 1.82) is 0 Å². The van der Waals surface area contributed by atoms with Gasteiger partial charge in [0.05, 0.1) is 5.69 Å². The van der Waals surface area contributed by atoms with E-state index in [-0.39, 0.29) is 18.7 Å². The van der Waals surface area contributed by atoms with Crippen LogP contribution in [0.25, 0.3) is 0 Å². The molecule has 11 heteroatoms. The van der Waals surface area contributed by atoms with Crippen LogP contribution in [0.5, 0.6) is 0 Å². The SMILES string of the molecule is CCCCCCCCCCC(C)OC(=O)N(C(=O)C(Cl)(C(=O)C(C)(C)C)N1C(=O)N[C@@](Cc2ccccc2)(OCC)C1=O)c1ccccc1. The van der Waals surface area contributed by atoms with Gasteiger partial charge in [-0.25, -0.2) is 19.4 Å². The monoisotopic (exact) mass is 697 g/mol. The van der Waals surface area contributed by atoms with Gasteiger partial charge in [-0.1, -0.05) is 133 Å². The highest BCUT2D eigenvalue weighted by atomic mass is 35.5. The number of halogens is 1. The molecule has 2 aromatic rings. The number of ketones is 1. The summed E-state index contributed by atoms with van der Waals surface area (Å²) in [6, 6.07) is 15.6. The fourth-order valence-electron chi connectivity index (χ4n) is 5.90. The number of nitrogens with one attached hydrogen (secondary N) is 1. The topological polar surface area (TPSA) is 122 Å². The number of ether oxygens (including phenoxy) is 2. The van der Waals surface area contributed by atoms with E-state index in [4.69, 9.17) is 21.1 Å². The largest absolute Gasteiger partial charge is 0.446 e. The van der Waals surface area contributed by atoms with E-state index in [1.165, 1.54) is 58.6 Å². The summed E-state index contributed by atoms with van der Waals surface area (Å²) in [7, 11) is 0. The fourth-order valence-corrected chi connectivity index (χ4v) is 6.43. The van der Waals surface area contributed by atoms with Crippen LogP contribution in [0, 0.1) is 5.41 Å². The summed E-state index contributed by atoms with van der Waals surface area (Å²) in [4.78, 5) is 69.1. The van der Waals surface area contributed by atoms with E-state index in [0.29, 0.717) is 21.8 Å². The molecule has 268 valence electrons. The number of amides is 5. The average Bonchev–Trinajstić information content (AvgIpc) is 3.30. The first-order valence-corrected chi connectivity index (χ1v) is 17.8. The highest BCUT2D eigenvalue weighted by molar-refractivity contribution is 6.52. The second kappa shape index (κ2) is 17.8. The van der Waals surface area contributed by atoms with E-state index in [9.17, 15) is 24.0 Å². The van der Waals surface area contributed by atoms with Gasteiger partial charge in [0, 0.05) is 18.4 Å². The number of Topliss-reactive ketones (excluding diaryl/α,β-unsaturated/α-hetero) is 1. The fraction of sp³-hybridized carbons (Fsp3) is 0.553. The molecule has 0 bridgehead atoms. The molecule has 2 unspecified atom stereocenters. The number of carbonyl (C=O) groups is 5. The Hall–Kier alpha value is -3.76. The Labute approximate surface area is 295 Å². The molecule has 5 amide bonds. The van der Waals surface area contributed by atoms with Crippen molar-refractivity contribution in [3.63, 3.8) is 0 Å². The minimum absolute atomic E-state index is 0.0162. The third-order valence-corrected chi connectivity index (χ3v) is 8.99. The summed E-state index contributed by atoms with van der Waals surface area (Å²) in [5.74, 6) is -3.32. The molecular formula is C38H52ClN3O7. The number of alkyl halides is 1. The molecule has 10 nitrogen and oxygen atoms in total. The number of imide groups is 2. The van der Waals surface area contributed by atoms with Crippen molar-refractivity contribution in [1.82, 2.24) is 10.2 Å². The number of unbranched alkanes of at least 4 members (excludes halogenated alkanes) is 7. The summed E-state index contributed by atoms with van der Waals surface area (Å²) in [6.07, 6.45) is 7.74. The maximum atomic E-state index is 14.7. The van der Waals surface area contributed by atoms with E-state index in [2.05, 4.69) is 12.2 Å². The molecule has 0 radical (unpaired) electrons. The molecule has 1 aliphatic rings. The number of hydrogen-bond donors (Lipinski definition) is 1. The molecule has 0 aromatic heterocycles. The number of para-hydroxylation sites is 1. The van der Waals surface area contributed by atoms with E-state index >= 15 is 0 Å². The number of anilines is 1. The highest BCUT2D eigenvalue weighted by Gasteiger charge is 2.66. The number of rotatable bonds is 18. The van der Waals surface area contributed by atoms with Crippen molar-refractivity contribution in [2.24, 2.45) is 5.41 Å². The van der Waals surface area contributed by atoms with Crippen LogP contribution in [0.15, 0.2) is 60.7 Å². The standard InChI is InChI=1S/C38H52ClN3O7/c1-7-9-10-11-12-13-14-17-22-28(3)49-35(47)41(30-25-20-16-21-26-30)33(45)38(39,31(43)36(4,5)6)42-32(44)37(48-8-2,40-34(42)46)27-29-23-18-15-19-24-29/h15-16,18-21,23-26,28H,7-14,17,22,27H2,1-6H3,(H,40,46)/t28?,37-,38?/m0/s1. The quantitative estimate of drug-likeness (QED) is 0.0548. The molecule has 2 aromatic carbocycles. The molecule has 0 spiro atoms. The molecule has 3 atom stereocenters. The number of hydrogen-bond acceptors (Lipinski definition) is 7. The van der Waals surface area contributed by atoms with Crippen LogP contribution < -0.4 is 10.2 Å². The van der Waals surface area contributed by atoms with Crippen LogP contribution >= 0.6 is 11.6 Å². The lowest BCUT2D eigenvalue weighted by atomic mass is 9.84. The van der Waals surface area contributed by atoms with Crippen LogP contribution in [0.2, 0.25) is 0 Å². The van der Waals surface area contributed by atoms with Gasteiger partial charge in [0.2, 0.25) is 5.72 Å². The molecule has 1 aliphatic heterocycles. The Balaban J connectivity index is 1.96.